The summed E-state index contributed by atoms with van der Waals surface area (Å²) in [6.45, 7) is 17.8. The first-order valence-electron chi connectivity index (χ1n) is 11.8. The summed E-state index contributed by atoms with van der Waals surface area (Å²) in [5.41, 5.74) is 3.19. The zero-order valence-corrected chi connectivity index (χ0v) is 21.5. The molecule has 7 heteroatoms. The second-order valence-electron chi connectivity index (χ2n) is 11.3. The largest absolute Gasteiger partial charge is 0.335 e. The molecule has 0 atom stereocenters. The molecule has 2 fully saturated rings. The van der Waals surface area contributed by atoms with E-state index in [1.807, 2.05) is 15.2 Å². The quantitative estimate of drug-likeness (QED) is 0.683. The Balaban J connectivity index is 1.37. The van der Waals surface area contributed by atoms with Crippen molar-refractivity contribution in [2.75, 3.05) is 39.3 Å². The highest BCUT2D eigenvalue weighted by Crippen LogP contribution is 2.31. The molecule has 0 radical (unpaired) electrons. The second-order valence-corrected chi connectivity index (χ2v) is 12.2. The molecule has 0 unspecified atom stereocenters. The topological polar surface area (TPSA) is 56.8 Å². The highest BCUT2D eigenvalue weighted by atomic mass is 32.1. The van der Waals surface area contributed by atoms with Crippen LogP contribution in [0.15, 0.2) is 29.8 Å². The van der Waals surface area contributed by atoms with Crippen LogP contribution in [0, 0.1) is 0 Å². The van der Waals surface area contributed by atoms with E-state index in [-0.39, 0.29) is 22.6 Å². The van der Waals surface area contributed by atoms with Crippen LogP contribution in [0.3, 0.4) is 0 Å². The highest BCUT2D eigenvalue weighted by Gasteiger charge is 2.37. The zero-order chi connectivity index (χ0) is 24.0. The van der Waals surface area contributed by atoms with Crippen LogP contribution in [0.1, 0.15) is 72.8 Å². The molecule has 0 saturated carbocycles. The van der Waals surface area contributed by atoms with Gasteiger partial charge in [0.2, 0.25) is 0 Å². The van der Waals surface area contributed by atoms with Gasteiger partial charge in [-0.25, -0.2) is 4.98 Å². The molecule has 1 aromatic carbocycles. The Morgan fingerprint density at radius 2 is 1.42 bits per heavy atom. The number of rotatable bonds is 3. The van der Waals surface area contributed by atoms with Gasteiger partial charge in [-0.2, -0.15) is 0 Å². The van der Waals surface area contributed by atoms with Crippen molar-refractivity contribution in [3.63, 3.8) is 0 Å². The smallest absolute Gasteiger partial charge is 0.282 e. The van der Waals surface area contributed by atoms with Crippen LogP contribution < -0.4 is 0 Å². The van der Waals surface area contributed by atoms with E-state index in [1.54, 1.807) is 6.20 Å². The van der Waals surface area contributed by atoms with Gasteiger partial charge >= 0.3 is 0 Å². The average Bonchev–Trinajstić information content (AvgIpc) is 3.26. The van der Waals surface area contributed by atoms with E-state index in [9.17, 15) is 9.59 Å². The number of hydrogen-bond acceptors (Lipinski definition) is 5. The van der Waals surface area contributed by atoms with Crippen LogP contribution in [0.25, 0.3) is 0 Å². The number of piperazine rings is 1. The number of hydrogen-bond donors (Lipinski definition) is 0. The Morgan fingerprint density at radius 1 is 0.848 bits per heavy atom. The van der Waals surface area contributed by atoms with Crippen LogP contribution in [0.5, 0.6) is 0 Å². The van der Waals surface area contributed by atoms with Crippen molar-refractivity contribution >= 4 is 23.2 Å². The molecule has 33 heavy (non-hydrogen) atoms. The standard InChI is InChI=1S/C26H36N4O2S/c1-25(2,3)19-13-18(14-20(15-19)26(4,5)6)23(31)30-16-21(17-30)28-8-10-29(11-9-28)24(32)22-27-7-12-33-22/h7,12-15,21H,8-11,16-17H2,1-6H3. The van der Waals surface area contributed by atoms with Crippen molar-refractivity contribution < 1.29 is 9.59 Å². The molecule has 6 nitrogen and oxygen atoms in total. The minimum Gasteiger partial charge on any atom is -0.335 e. The third-order valence-corrected chi connectivity index (χ3v) is 7.56. The van der Waals surface area contributed by atoms with Crippen molar-refractivity contribution in [1.82, 2.24) is 19.7 Å². The number of thiazole rings is 1. The average molecular weight is 469 g/mol. The Bertz CT molecular complexity index is 974. The molecule has 1 aromatic heterocycles. The van der Waals surface area contributed by atoms with Crippen LogP contribution in [-0.2, 0) is 10.8 Å². The summed E-state index contributed by atoms with van der Waals surface area (Å²) in [5.74, 6) is 0.156. The molecule has 2 saturated heterocycles. The number of aromatic nitrogens is 1. The number of carbonyl (C=O) groups excluding carboxylic acids is 2. The van der Waals surface area contributed by atoms with E-state index in [0.29, 0.717) is 24.1 Å². The van der Waals surface area contributed by atoms with Crippen molar-refractivity contribution in [3.8, 4) is 0 Å². The van der Waals surface area contributed by atoms with E-state index < -0.39 is 0 Å². The third-order valence-electron chi connectivity index (χ3n) is 6.79. The molecular weight excluding hydrogens is 432 g/mol. The minimum absolute atomic E-state index is 0.0104. The normalized spacial score (nSPS) is 18.4. The lowest BCUT2D eigenvalue weighted by atomic mass is 9.79. The zero-order valence-electron chi connectivity index (χ0n) is 20.7. The number of benzene rings is 1. The predicted octanol–water partition coefficient (Wildman–Crippen LogP) is 4.02. The lowest BCUT2D eigenvalue weighted by molar-refractivity contribution is 0.00852. The summed E-state index contributed by atoms with van der Waals surface area (Å²) >= 11 is 1.39. The van der Waals surface area contributed by atoms with Gasteiger partial charge in [-0.3, -0.25) is 14.5 Å². The van der Waals surface area contributed by atoms with Gasteiger partial charge in [-0.15, -0.1) is 11.3 Å². The highest BCUT2D eigenvalue weighted by molar-refractivity contribution is 7.11. The summed E-state index contributed by atoms with van der Waals surface area (Å²) in [6.07, 6.45) is 1.68. The molecule has 0 aliphatic carbocycles. The maximum Gasteiger partial charge on any atom is 0.282 e. The van der Waals surface area contributed by atoms with Crippen molar-refractivity contribution in [2.24, 2.45) is 0 Å². The summed E-state index contributed by atoms with van der Waals surface area (Å²) in [4.78, 5) is 36.3. The Hall–Kier alpha value is -2.25. The van der Waals surface area contributed by atoms with E-state index in [2.05, 4.69) is 69.6 Å². The first-order chi connectivity index (χ1) is 15.4. The van der Waals surface area contributed by atoms with Gasteiger partial charge in [-0.1, -0.05) is 47.6 Å². The first-order valence-corrected chi connectivity index (χ1v) is 12.7. The molecule has 178 valence electrons. The van der Waals surface area contributed by atoms with Gasteiger partial charge < -0.3 is 9.80 Å². The molecule has 4 rings (SSSR count). The Morgan fingerprint density at radius 3 is 1.91 bits per heavy atom. The van der Waals surface area contributed by atoms with Gasteiger partial charge in [0.05, 0.1) is 0 Å². The fourth-order valence-electron chi connectivity index (χ4n) is 4.41. The van der Waals surface area contributed by atoms with Crippen LogP contribution >= 0.6 is 11.3 Å². The molecule has 2 amide bonds. The van der Waals surface area contributed by atoms with E-state index >= 15 is 0 Å². The van der Waals surface area contributed by atoms with Crippen LogP contribution in [0.4, 0.5) is 0 Å². The molecule has 0 bridgehead atoms. The number of nitrogens with zero attached hydrogens (tertiary/aromatic N) is 4. The summed E-state index contributed by atoms with van der Waals surface area (Å²) < 4.78 is 0. The molecule has 2 aromatic rings. The lowest BCUT2D eigenvalue weighted by Gasteiger charge is -2.48. The van der Waals surface area contributed by atoms with Gasteiger partial charge in [0.15, 0.2) is 5.01 Å². The van der Waals surface area contributed by atoms with Crippen molar-refractivity contribution in [3.05, 3.63) is 51.5 Å². The van der Waals surface area contributed by atoms with E-state index in [4.69, 9.17) is 0 Å². The fraction of sp³-hybridized carbons (Fsp3) is 0.577. The number of amides is 2. The predicted molar refractivity (Wildman–Crippen MR) is 133 cm³/mol. The fourth-order valence-corrected chi connectivity index (χ4v) is 5.01. The second kappa shape index (κ2) is 8.84. The molecular formula is C26H36N4O2S. The third kappa shape index (κ3) is 5.14. The molecule has 3 heterocycles. The summed E-state index contributed by atoms with van der Waals surface area (Å²) in [6, 6.07) is 6.78. The van der Waals surface area contributed by atoms with Gasteiger partial charge in [-0.05, 0) is 34.1 Å². The van der Waals surface area contributed by atoms with Crippen LogP contribution in [-0.4, -0.2) is 76.8 Å². The molecule has 0 N–H and O–H groups in total. The van der Waals surface area contributed by atoms with Crippen molar-refractivity contribution in [1.29, 1.82) is 0 Å². The minimum atomic E-state index is -0.0104. The van der Waals surface area contributed by atoms with E-state index in [0.717, 1.165) is 31.7 Å². The van der Waals surface area contributed by atoms with E-state index in [1.165, 1.54) is 22.5 Å². The monoisotopic (exact) mass is 468 g/mol. The maximum absolute atomic E-state index is 13.3. The first kappa shape index (κ1) is 23.9. The van der Waals surface area contributed by atoms with Gasteiger partial charge in [0.25, 0.3) is 11.8 Å². The molecule has 0 spiro atoms. The number of carbonyl (C=O) groups is 2. The molecule has 2 aliphatic rings. The van der Waals surface area contributed by atoms with Crippen molar-refractivity contribution in [2.45, 2.75) is 58.4 Å². The Labute approximate surface area is 201 Å². The summed E-state index contributed by atoms with van der Waals surface area (Å²) in [5, 5.41) is 2.40. The van der Waals surface area contributed by atoms with Gasteiger partial charge in [0.1, 0.15) is 0 Å². The Kier molecular flexibility index (Phi) is 6.40. The maximum atomic E-state index is 13.3. The lowest BCUT2D eigenvalue weighted by Crippen LogP contribution is -2.64. The van der Waals surface area contributed by atoms with Crippen LogP contribution in [0.2, 0.25) is 0 Å². The molecule has 2 aliphatic heterocycles. The number of likely N-dealkylation sites (tertiary alicyclic amines) is 1. The van der Waals surface area contributed by atoms with Gasteiger partial charge in [0, 0.05) is 62.5 Å². The summed E-state index contributed by atoms with van der Waals surface area (Å²) in [7, 11) is 0. The SMILES string of the molecule is CC(C)(C)c1cc(C(=O)N2CC(N3CCN(C(=O)c4nccs4)CC3)C2)cc(C(C)(C)C)c1.